The van der Waals surface area contributed by atoms with Crippen LogP contribution in [0.3, 0.4) is 0 Å². The maximum absolute atomic E-state index is 11.6. The van der Waals surface area contributed by atoms with Gasteiger partial charge in [-0.15, -0.1) is 11.8 Å². The van der Waals surface area contributed by atoms with Crippen LogP contribution in [0.25, 0.3) is 0 Å². The first-order valence-corrected chi connectivity index (χ1v) is 8.09. The predicted molar refractivity (Wildman–Crippen MR) is 84.7 cm³/mol. The van der Waals surface area contributed by atoms with Crippen LogP contribution in [0.4, 0.5) is 4.79 Å². The van der Waals surface area contributed by atoms with Gasteiger partial charge in [0, 0.05) is 17.4 Å². The summed E-state index contributed by atoms with van der Waals surface area (Å²) in [4.78, 5) is 19.9. The van der Waals surface area contributed by atoms with E-state index in [2.05, 4.69) is 41.2 Å². The summed E-state index contributed by atoms with van der Waals surface area (Å²) in [5.41, 5.74) is 3.61. The molecule has 1 aliphatic carbocycles. The molecule has 1 aromatic rings. The largest absolute Gasteiger partial charge is 0.367 e. The van der Waals surface area contributed by atoms with E-state index in [-0.39, 0.29) is 6.03 Å². The SMILES string of the molecule is Cc1cccc(CSC2=NC(=O)N=C3CCCCC32)c1. The van der Waals surface area contributed by atoms with E-state index in [1.165, 1.54) is 17.5 Å². The number of benzene rings is 1. The second kappa shape index (κ2) is 5.92. The van der Waals surface area contributed by atoms with Gasteiger partial charge in [0.1, 0.15) is 0 Å². The molecule has 2 aliphatic rings. The van der Waals surface area contributed by atoms with Crippen LogP contribution in [0, 0.1) is 12.8 Å². The Labute approximate surface area is 123 Å². The van der Waals surface area contributed by atoms with E-state index in [4.69, 9.17) is 0 Å². The van der Waals surface area contributed by atoms with Crippen molar-refractivity contribution in [1.29, 1.82) is 0 Å². The highest BCUT2D eigenvalue weighted by Crippen LogP contribution is 2.31. The molecule has 0 aromatic heterocycles. The van der Waals surface area contributed by atoms with E-state index < -0.39 is 0 Å². The summed E-state index contributed by atoms with van der Waals surface area (Å²) in [6.07, 6.45) is 4.41. The van der Waals surface area contributed by atoms with E-state index in [9.17, 15) is 4.79 Å². The fourth-order valence-corrected chi connectivity index (χ4v) is 3.90. The molecule has 1 atom stereocenters. The van der Waals surface area contributed by atoms with Crippen molar-refractivity contribution < 1.29 is 4.79 Å². The van der Waals surface area contributed by atoms with E-state index >= 15 is 0 Å². The summed E-state index contributed by atoms with van der Waals surface area (Å²) >= 11 is 1.70. The van der Waals surface area contributed by atoms with Gasteiger partial charge in [0.15, 0.2) is 0 Å². The molecule has 1 heterocycles. The van der Waals surface area contributed by atoms with Gasteiger partial charge < -0.3 is 0 Å². The number of rotatable bonds is 2. The smallest absolute Gasteiger partial charge is 0.244 e. The molecule has 20 heavy (non-hydrogen) atoms. The Morgan fingerprint density at radius 1 is 1.30 bits per heavy atom. The van der Waals surface area contributed by atoms with Gasteiger partial charge in [-0.25, -0.2) is 9.79 Å². The van der Waals surface area contributed by atoms with Crippen LogP contribution < -0.4 is 0 Å². The molecule has 0 N–H and O–H groups in total. The number of carbonyl (C=O) groups is 1. The van der Waals surface area contributed by atoms with Crippen molar-refractivity contribution >= 4 is 28.5 Å². The molecule has 0 bridgehead atoms. The number of amides is 2. The molecule has 0 spiro atoms. The number of fused-ring (bicyclic) bond motifs is 1. The molecule has 0 saturated heterocycles. The molecule has 4 heteroatoms. The van der Waals surface area contributed by atoms with E-state index in [0.717, 1.165) is 35.8 Å². The topological polar surface area (TPSA) is 41.8 Å². The lowest BCUT2D eigenvalue weighted by Crippen LogP contribution is -2.30. The van der Waals surface area contributed by atoms with Crippen molar-refractivity contribution in [2.45, 2.75) is 38.4 Å². The maximum Gasteiger partial charge on any atom is 0.367 e. The Balaban J connectivity index is 1.71. The minimum absolute atomic E-state index is 0.302. The number of urea groups is 1. The molecule has 1 fully saturated rings. The Morgan fingerprint density at radius 2 is 2.20 bits per heavy atom. The highest BCUT2D eigenvalue weighted by molar-refractivity contribution is 8.13. The predicted octanol–water partition coefficient (Wildman–Crippen LogP) is 4.39. The molecular formula is C16H18N2OS. The van der Waals surface area contributed by atoms with Crippen molar-refractivity contribution in [3.63, 3.8) is 0 Å². The summed E-state index contributed by atoms with van der Waals surface area (Å²) in [7, 11) is 0. The van der Waals surface area contributed by atoms with Gasteiger partial charge in [-0.05, 0) is 31.7 Å². The Hall–Kier alpha value is -1.42. The number of aliphatic imine (C=N–C) groups is 2. The zero-order chi connectivity index (χ0) is 13.9. The number of thioether (sulfide) groups is 1. The number of carbonyl (C=O) groups excluding carboxylic acids is 1. The van der Waals surface area contributed by atoms with Gasteiger partial charge in [-0.1, -0.05) is 36.2 Å². The van der Waals surface area contributed by atoms with Gasteiger partial charge in [-0.3, -0.25) is 0 Å². The highest BCUT2D eigenvalue weighted by atomic mass is 32.2. The van der Waals surface area contributed by atoms with Gasteiger partial charge in [0.25, 0.3) is 0 Å². The van der Waals surface area contributed by atoms with E-state index in [1.807, 2.05) is 0 Å². The zero-order valence-electron chi connectivity index (χ0n) is 11.6. The van der Waals surface area contributed by atoms with Gasteiger partial charge >= 0.3 is 6.03 Å². The van der Waals surface area contributed by atoms with Crippen molar-refractivity contribution in [3.8, 4) is 0 Å². The Bertz CT molecular complexity index is 592. The third-order valence-electron chi connectivity index (χ3n) is 3.79. The van der Waals surface area contributed by atoms with Crippen molar-refractivity contribution in [2.24, 2.45) is 15.9 Å². The normalized spacial score (nSPS) is 22.1. The molecule has 1 unspecified atom stereocenters. The average Bonchev–Trinajstić information content (AvgIpc) is 2.44. The van der Waals surface area contributed by atoms with Crippen molar-refractivity contribution in [2.75, 3.05) is 0 Å². The van der Waals surface area contributed by atoms with Crippen LogP contribution in [0.2, 0.25) is 0 Å². The Kier molecular flexibility index (Phi) is 4.01. The summed E-state index contributed by atoms with van der Waals surface area (Å²) in [5, 5.41) is 0.973. The molecule has 1 aromatic carbocycles. The monoisotopic (exact) mass is 286 g/mol. The lowest BCUT2D eigenvalue weighted by Gasteiger charge is -2.27. The van der Waals surface area contributed by atoms with Crippen molar-refractivity contribution in [3.05, 3.63) is 35.4 Å². The van der Waals surface area contributed by atoms with E-state index in [0.29, 0.717) is 5.92 Å². The van der Waals surface area contributed by atoms with E-state index in [1.54, 1.807) is 11.8 Å². The summed E-state index contributed by atoms with van der Waals surface area (Å²) in [5.74, 6) is 1.17. The average molecular weight is 286 g/mol. The van der Waals surface area contributed by atoms with Gasteiger partial charge in [0.05, 0.1) is 5.04 Å². The molecule has 0 radical (unpaired) electrons. The first-order chi connectivity index (χ1) is 9.72. The fraction of sp³-hybridized carbons (Fsp3) is 0.438. The third kappa shape index (κ3) is 3.01. The van der Waals surface area contributed by atoms with Crippen LogP contribution >= 0.6 is 11.8 Å². The van der Waals surface area contributed by atoms with Gasteiger partial charge in [-0.2, -0.15) is 4.99 Å². The van der Waals surface area contributed by atoms with Crippen LogP contribution in [0.1, 0.15) is 36.8 Å². The fourth-order valence-electron chi connectivity index (χ4n) is 2.81. The van der Waals surface area contributed by atoms with Crippen LogP contribution in [0.15, 0.2) is 34.3 Å². The lowest BCUT2D eigenvalue weighted by atomic mass is 9.87. The number of hydrogen-bond donors (Lipinski definition) is 0. The molecule has 3 rings (SSSR count). The van der Waals surface area contributed by atoms with Gasteiger partial charge in [0.2, 0.25) is 0 Å². The minimum atomic E-state index is -0.315. The zero-order valence-corrected chi connectivity index (χ0v) is 12.4. The first-order valence-electron chi connectivity index (χ1n) is 7.11. The Morgan fingerprint density at radius 3 is 3.05 bits per heavy atom. The van der Waals surface area contributed by atoms with Crippen LogP contribution in [-0.4, -0.2) is 16.8 Å². The molecule has 1 saturated carbocycles. The molecule has 1 aliphatic heterocycles. The quantitative estimate of drug-likeness (QED) is 0.809. The summed E-state index contributed by atoms with van der Waals surface area (Å²) in [6, 6.07) is 8.17. The number of aryl methyl sites for hydroxylation is 1. The molecule has 2 amide bonds. The standard InChI is InChI=1S/C16H18N2OS/c1-11-5-4-6-12(9-11)10-20-15-13-7-2-3-8-14(13)17-16(19)18-15/h4-6,9,13H,2-3,7-8,10H2,1H3. The molecule has 104 valence electrons. The first kappa shape index (κ1) is 13.6. The van der Waals surface area contributed by atoms with Crippen LogP contribution in [0.5, 0.6) is 0 Å². The highest BCUT2D eigenvalue weighted by Gasteiger charge is 2.30. The third-order valence-corrected chi connectivity index (χ3v) is 4.94. The second-order valence-electron chi connectivity index (χ2n) is 5.41. The van der Waals surface area contributed by atoms with Crippen LogP contribution in [-0.2, 0) is 5.75 Å². The number of hydrogen-bond acceptors (Lipinski definition) is 2. The molecular weight excluding hydrogens is 268 g/mol. The molecule has 3 nitrogen and oxygen atoms in total. The number of nitrogens with zero attached hydrogens (tertiary/aromatic N) is 2. The van der Waals surface area contributed by atoms with Crippen molar-refractivity contribution in [1.82, 2.24) is 0 Å². The summed E-state index contributed by atoms with van der Waals surface area (Å²) < 4.78 is 0. The summed E-state index contributed by atoms with van der Waals surface area (Å²) in [6.45, 7) is 2.10. The minimum Gasteiger partial charge on any atom is -0.244 e. The maximum atomic E-state index is 11.6. The lowest BCUT2D eigenvalue weighted by molar-refractivity contribution is 0.256. The second-order valence-corrected chi connectivity index (χ2v) is 6.41.